The van der Waals surface area contributed by atoms with Crippen LogP contribution in [0.5, 0.6) is 0 Å². The maximum absolute atomic E-state index is 12.2. The van der Waals surface area contributed by atoms with E-state index < -0.39 is 5.97 Å². The highest BCUT2D eigenvalue weighted by atomic mass is 16.4. The van der Waals surface area contributed by atoms with Crippen LogP contribution >= 0.6 is 0 Å². The van der Waals surface area contributed by atoms with Crippen LogP contribution in [0.2, 0.25) is 0 Å². The Morgan fingerprint density at radius 1 is 1.33 bits per heavy atom. The number of hydrogen-bond acceptors (Lipinski definition) is 3. The number of rotatable bonds is 5. The molecule has 0 bridgehead atoms. The number of nitrogens with one attached hydrogen (secondary N) is 1. The quantitative estimate of drug-likeness (QED) is 0.882. The second-order valence-corrected chi connectivity index (χ2v) is 6.18. The van der Waals surface area contributed by atoms with Crippen LogP contribution in [0.25, 0.3) is 0 Å². The van der Waals surface area contributed by atoms with Crippen LogP contribution < -0.4 is 5.32 Å². The third-order valence-corrected chi connectivity index (χ3v) is 4.55. The number of aromatic carboxylic acids is 1. The van der Waals surface area contributed by atoms with Gasteiger partial charge in [0.2, 0.25) is 5.91 Å². The van der Waals surface area contributed by atoms with Crippen molar-refractivity contribution >= 4 is 11.9 Å². The van der Waals surface area contributed by atoms with E-state index in [0.717, 1.165) is 30.4 Å². The van der Waals surface area contributed by atoms with E-state index in [1.807, 2.05) is 17.9 Å². The number of nitrogens with zero attached hydrogens (tertiary/aromatic N) is 2. The van der Waals surface area contributed by atoms with Gasteiger partial charge in [0.15, 0.2) is 0 Å². The normalized spacial score (nSPS) is 16.5. The topological polar surface area (TPSA) is 84.2 Å². The summed E-state index contributed by atoms with van der Waals surface area (Å²) in [5.74, 6) is -0.928. The van der Waals surface area contributed by atoms with Crippen LogP contribution in [0.4, 0.5) is 0 Å². The van der Waals surface area contributed by atoms with Crippen molar-refractivity contribution in [1.82, 2.24) is 15.1 Å². The summed E-state index contributed by atoms with van der Waals surface area (Å²) in [5, 5.41) is 16.3. The highest BCUT2D eigenvalue weighted by Crippen LogP contribution is 2.29. The molecule has 1 amide bonds. The third-order valence-electron chi connectivity index (χ3n) is 4.55. The average molecular weight is 327 g/mol. The van der Waals surface area contributed by atoms with Crippen molar-refractivity contribution in [2.45, 2.75) is 38.1 Å². The smallest absolute Gasteiger partial charge is 0.335 e. The van der Waals surface area contributed by atoms with E-state index in [-0.39, 0.29) is 17.5 Å². The molecule has 24 heavy (non-hydrogen) atoms. The van der Waals surface area contributed by atoms with E-state index in [4.69, 9.17) is 5.11 Å². The van der Waals surface area contributed by atoms with E-state index >= 15 is 0 Å². The molecule has 1 heterocycles. The molecule has 1 aliphatic rings. The van der Waals surface area contributed by atoms with Gasteiger partial charge in [-0.25, -0.2) is 4.79 Å². The highest BCUT2D eigenvalue weighted by Gasteiger charge is 2.24. The first kappa shape index (κ1) is 16.2. The standard InChI is InChI=1S/C18H21N3O3/c1-21-16-4-2-3-15(14(16)11-19-21)20-17(22)10-7-12-5-8-13(9-6-12)18(23)24/h5-6,8-9,11,15H,2-4,7,10H2,1H3,(H,20,22)(H,23,24). The van der Waals surface area contributed by atoms with E-state index in [9.17, 15) is 9.59 Å². The number of carbonyl (C=O) groups excluding carboxylic acids is 1. The first-order valence-electron chi connectivity index (χ1n) is 8.17. The monoisotopic (exact) mass is 327 g/mol. The summed E-state index contributed by atoms with van der Waals surface area (Å²) in [6.07, 6.45) is 5.83. The van der Waals surface area contributed by atoms with Gasteiger partial charge in [-0.15, -0.1) is 0 Å². The molecule has 0 saturated carbocycles. The number of aryl methyl sites for hydroxylation is 2. The van der Waals surface area contributed by atoms with E-state index in [0.29, 0.717) is 12.8 Å². The number of carbonyl (C=O) groups is 2. The Labute approximate surface area is 140 Å². The molecule has 0 saturated heterocycles. The molecule has 0 radical (unpaired) electrons. The molecule has 2 N–H and O–H groups in total. The summed E-state index contributed by atoms with van der Waals surface area (Å²) in [6, 6.07) is 6.70. The Kier molecular flexibility index (Phi) is 4.64. The van der Waals surface area contributed by atoms with E-state index in [1.54, 1.807) is 24.3 Å². The van der Waals surface area contributed by atoms with Crippen LogP contribution in [0, 0.1) is 0 Å². The molecule has 0 spiro atoms. The van der Waals surface area contributed by atoms with Crippen LogP contribution in [0.3, 0.4) is 0 Å². The zero-order chi connectivity index (χ0) is 17.1. The second-order valence-electron chi connectivity index (χ2n) is 6.18. The molecule has 0 aliphatic heterocycles. The molecule has 1 unspecified atom stereocenters. The van der Waals surface area contributed by atoms with Gasteiger partial charge in [0.05, 0.1) is 17.8 Å². The number of carboxylic acid groups (broad SMARTS) is 1. The van der Waals surface area contributed by atoms with Crippen molar-refractivity contribution in [2.75, 3.05) is 0 Å². The van der Waals surface area contributed by atoms with Crippen molar-refractivity contribution < 1.29 is 14.7 Å². The van der Waals surface area contributed by atoms with Crippen LogP contribution in [-0.4, -0.2) is 26.8 Å². The lowest BCUT2D eigenvalue weighted by Gasteiger charge is -2.23. The summed E-state index contributed by atoms with van der Waals surface area (Å²) in [4.78, 5) is 23.1. The summed E-state index contributed by atoms with van der Waals surface area (Å²) < 4.78 is 1.89. The molecule has 1 aromatic carbocycles. The SMILES string of the molecule is Cn1ncc2c1CCCC2NC(=O)CCc1ccc(C(=O)O)cc1. The lowest BCUT2D eigenvalue weighted by atomic mass is 9.93. The largest absolute Gasteiger partial charge is 0.478 e. The Bertz CT molecular complexity index is 749. The third kappa shape index (κ3) is 3.48. The van der Waals surface area contributed by atoms with Gasteiger partial charge in [-0.3, -0.25) is 9.48 Å². The first-order chi connectivity index (χ1) is 11.5. The molecular weight excluding hydrogens is 306 g/mol. The van der Waals surface area contributed by atoms with E-state index in [2.05, 4.69) is 10.4 Å². The van der Waals surface area contributed by atoms with Gasteiger partial charge in [-0.05, 0) is 43.4 Å². The van der Waals surface area contributed by atoms with Gasteiger partial charge in [-0.1, -0.05) is 12.1 Å². The predicted molar refractivity (Wildman–Crippen MR) is 88.8 cm³/mol. The number of fused-ring (bicyclic) bond motifs is 1. The molecule has 1 aromatic heterocycles. The molecule has 126 valence electrons. The second kappa shape index (κ2) is 6.86. The molecule has 6 heteroatoms. The van der Waals surface area contributed by atoms with Crippen LogP contribution in [-0.2, 0) is 24.7 Å². The fraction of sp³-hybridized carbons (Fsp3) is 0.389. The molecule has 2 aromatic rings. The predicted octanol–water partition coefficient (Wildman–Crippen LogP) is 2.24. The summed E-state index contributed by atoms with van der Waals surface area (Å²) in [5.41, 5.74) is 3.55. The summed E-state index contributed by atoms with van der Waals surface area (Å²) in [6.45, 7) is 0. The number of carboxylic acids is 1. The number of amides is 1. The van der Waals surface area contributed by atoms with Crippen LogP contribution in [0.1, 0.15) is 52.5 Å². The van der Waals surface area contributed by atoms with Crippen molar-refractivity contribution in [3.8, 4) is 0 Å². The minimum absolute atomic E-state index is 0.0130. The van der Waals surface area contributed by atoms with Crippen LogP contribution in [0.15, 0.2) is 30.5 Å². The Morgan fingerprint density at radius 3 is 2.79 bits per heavy atom. The van der Waals surface area contributed by atoms with Crippen molar-refractivity contribution in [3.63, 3.8) is 0 Å². The van der Waals surface area contributed by atoms with E-state index in [1.165, 1.54) is 5.69 Å². The number of hydrogen-bond donors (Lipinski definition) is 2. The zero-order valence-electron chi connectivity index (χ0n) is 13.7. The summed E-state index contributed by atoms with van der Waals surface area (Å²) >= 11 is 0. The Hall–Kier alpha value is -2.63. The van der Waals surface area contributed by atoms with Crippen molar-refractivity contribution in [2.24, 2.45) is 7.05 Å². The van der Waals surface area contributed by atoms with Gasteiger partial charge < -0.3 is 10.4 Å². The van der Waals surface area contributed by atoms with Gasteiger partial charge >= 0.3 is 5.97 Å². The Morgan fingerprint density at radius 2 is 2.08 bits per heavy atom. The maximum Gasteiger partial charge on any atom is 0.335 e. The highest BCUT2D eigenvalue weighted by molar-refractivity contribution is 5.87. The molecule has 0 fully saturated rings. The number of aromatic nitrogens is 2. The van der Waals surface area contributed by atoms with Gasteiger partial charge in [0.25, 0.3) is 0 Å². The summed E-state index contributed by atoms with van der Waals surface area (Å²) in [7, 11) is 1.93. The minimum atomic E-state index is -0.941. The molecule has 1 atom stereocenters. The fourth-order valence-electron chi connectivity index (χ4n) is 3.19. The fourth-order valence-corrected chi connectivity index (χ4v) is 3.19. The molecule has 1 aliphatic carbocycles. The van der Waals surface area contributed by atoms with Gasteiger partial charge in [-0.2, -0.15) is 5.10 Å². The minimum Gasteiger partial charge on any atom is -0.478 e. The zero-order valence-corrected chi connectivity index (χ0v) is 13.7. The average Bonchev–Trinajstić information content (AvgIpc) is 2.96. The van der Waals surface area contributed by atoms with Gasteiger partial charge in [0.1, 0.15) is 0 Å². The Balaban J connectivity index is 1.56. The van der Waals surface area contributed by atoms with Gasteiger partial charge in [0, 0.05) is 24.7 Å². The molecule has 6 nitrogen and oxygen atoms in total. The lowest BCUT2D eigenvalue weighted by Crippen LogP contribution is -2.31. The van der Waals surface area contributed by atoms with Crippen molar-refractivity contribution in [1.29, 1.82) is 0 Å². The molecule has 3 rings (SSSR count). The first-order valence-corrected chi connectivity index (χ1v) is 8.17. The maximum atomic E-state index is 12.2. The number of benzene rings is 1. The lowest BCUT2D eigenvalue weighted by molar-refractivity contribution is -0.121. The molecular formula is C18H21N3O3. The van der Waals surface area contributed by atoms with Crippen molar-refractivity contribution in [3.05, 3.63) is 52.8 Å².